The van der Waals surface area contributed by atoms with Crippen LogP contribution in [0, 0.1) is 0 Å². The lowest BCUT2D eigenvalue weighted by molar-refractivity contribution is 0.178. The fraction of sp³-hybridized carbons (Fsp3) is 0.741. The number of hydrogen-bond acceptors (Lipinski definition) is 7. The number of nitrogens with zero attached hydrogens (tertiary/aromatic N) is 3. The van der Waals surface area contributed by atoms with Crippen molar-refractivity contribution >= 4 is 11.6 Å². The molecule has 0 spiro atoms. The van der Waals surface area contributed by atoms with Crippen LogP contribution in [-0.4, -0.2) is 15.0 Å². The lowest BCUT2D eigenvalue weighted by atomic mass is 10.0. The van der Waals surface area contributed by atoms with Crippen molar-refractivity contribution in [3.63, 3.8) is 0 Å². The molecule has 2 aliphatic rings. The molecular weight excluding hydrogens is 462 g/mol. The monoisotopic (exact) mass is 505 g/mol. The Hall–Kier alpha value is -2.02. The van der Waals surface area contributed by atoms with E-state index in [2.05, 4.69) is 38.1 Å². The first-order valence-corrected chi connectivity index (χ1v) is 14.3. The predicted molar refractivity (Wildman–Crippen MR) is 141 cm³/mol. The molecule has 8 heteroatoms. The average molecular weight is 506 g/mol. The van der Waals surface area contributed by atoms with E-state index in [-0.39, 0.29) is 17.3 Å². The van der Waals surface area contributed by atoms with E-state index >= 15 is 0 Å². The van der Waals surface area contributed by atoms with E-state index in [1.165, 1.54) is 89.9 Å². The van der Waals surface area contributed by atoms with Gasteiger partial charge in [0.05, 0.1) is 0 Å². The van der Waals surface area contributed by atoms with Crippen molar-refractivity contribution < 1.29 is 9.68 Å². The van der Waals surface area contributed by atoms with Gasteiger partial charge in [-0.2, -0.15) is 9.97 Å². The van der Waals surface area contributed by atoms with Gasteiger partial charge in [0, 0.05) is 11.4 Å². The molecule has 7 nitrogen and oxygen atoms in total. The van der Waals surface area contributed by atoms with Gasteiger partial charge in [-0.05, 0) is 63.0 Å². The van der Waals surface area contributed by atoms with Crippen LogP contribution >= 0.6 is 11.6 Å². The standard InChI is InChI=1S/C27H44ClN5O2/c28-25-29-26(34-32-23-19-15-11-7-3-1-4-8-12-16-20-23)31-27(30-25)35-33-24-21-17-13-9-5-2-6-10-14-18-22-24/h19,21,32-33H,1-18,20,22H2. The largest absolute Gasteiger partial charge is 0.350 e. The molecule has 0 unspecified atom stereocenters. The van der Waals surface area contributed by atoms with E-state index in [0.717, 1.165) is 49.9 Å². The SMILES string of the molecule is Clc1nc(ONC2=CCCCCCCCCCC2)nc(ONC2=CCCCCCCCCCC2)n1. The zero-order valence-corrected chi connectivity index (χ0v) is 22.1. The molecule has 0 amide bonds. The Morgan fingerprint density at radius 1 is 0.514 bits per heavy atom. The Labute approximate surface area is 216 Å². The molecule has 2 aliphatic carbocycles. The Morgan fingerprint density at radius 2 is 0.886 bits per heavy atom. The summed E-state index contributed by atoms with van der Waals surface area (Å²) in [6, 6.07) is 0.197. The van der Waals surface area contributed by atoms with Gasteiger partial charge in [-0.25, -0.2) is 11.0 Å². The van der Waals surface area contributed by atoms with E-state index in [9.17, 15) is 0 Å². The van der Waals surface area contributed by atoms with Gasteiger partial charge in [0.25, 0.3) is 0 Å². The summed E-state index contributed by atoms with van der Waals surface area (Å²) in [5.41, 5.74) is 8.24. The summed E-state index contributed by atoms with van der Waals surface area (Å²) in [7, 11) is 0. The van der Waals surface area contributed by atoms with Gasteiger partial charge in [-0.15, -0.1) is 4.98 Å². The third kappa shape index (κ3) is 12.5. The highest BCUT2D eigenvalue weighted by atomic mass is 35.5. The normalized spacial score (nSPS) is 19.9. The minimum Gasteiger partial charge on any atom is -0.340 e. The highest BCUT2D eigenvalue weighted by Crippen LogP contribution is 2.19. The molecule has 0 radical (unpaired) electrons. The van der Waals surface area contributed by atoms with Crippen LogP contribution in [0.15, 0.2) is 23.5 Å². The van der Waals surface area contributed by atoms with Crippen molar-refractivity contribution in [2.24, 2.45) is 0 Å². The number of allylic oxidation sites excluding steroid dienone is 4. The number of rotatable bonds is 6. The summed E-state index contributed by atoms with van der Waals surface area (Å²) in [6.07, 6.45) is 29.0. The summed E-state index contributed by atoms with van der Waals surface area (Å²) in [5, 5.41) is 0.0361. The summed E-state index contributed by atoms with van der Waals surface area (Å²) in [4.78, 5) is 23.8. The highest BCUT2D eigenvalue weighted by molar-refractivity contribution is 6.28. The van der Waals surface area contributed by atoms with Crippen LogP contribution in [0.3, 0.4) is 0 Å². The first-order valence-electron chi connectivity index (χ1n) is 13.9. The van der Waals surface area contributed by atoms with Crippen LogP contribution in [-0.2, 0) is 0 Å². The third-order valence-electron chi connectivity index (χ3n) is 6.70. The zero-order valence-electron chi connectivity index (χ0n) is 21.3. The lowest BCUT2D eigenvalue weighted by Crippen LogP contribution is -2.22. The molecule has 0 bridgehead atoms. The Bertz CT molecular complexity index is 727. The molecular formula is C27H44ClN5O2. The summed E-state index contributed by atoms with van der Waals surface area (Å²) in [5.74, 6) is 0. The number of halogens is 1. The summed E-state index contributed by atoms with van der Waals surface area (Å²) in [6.45, 7) is 0. The van der Waals surface area contributed by atoms with Crippen molar-refractivity contribution in [2.75, 3.05) is 0 Å². The molecule has 0 saturated heterocycles. The van der Waals surface area contributed by atoms with Gasteiger partial charge in [0.15, 0.2) is 0 Å². The van der Waals surface area contributed by atoms with Crippen molar-refractivity contribution in [3.05, 3.63) is 28.8 Å². The smallest absolute Gasteiger partial charge is 0.340 e. The van der Waals surface area contributed by atoms with Crippen LogP contribution < -0.4 is 20.6 Å². The van der Waals surface area contributed by atoms with Crippen LogP contribution in [0.25, 0.3) is 0 Å². The average Bonchev–Trinajstić information content (AvgIpc) is 2.83. The van der Waals surface area contributed by atoms with Crippen molar-refractivity contribution in [1.29, 1.82) is 0 Å². The lowest BCUT2D eigenvalue weighted by Gasteiger charge is -2.14. The van der Waals surface area contributed by atoms with Gasteiger partial charge in [-0.3, -0.25) is 0 Å². The van der Waals surface area contributed by atoms with Gasteiger partial charge >= 0.3 is 12.0 Å². The fourth-order valence-corrected chi connectivity index (χ4v) is 4.76. The molecule has 0 atom stereocenters. The Balaban J connectivity index is 1.52. The van der Waals surface area contributed by atoms with Gasteiger partial charge in [0.1, 0.15) is 0 Å². The fourth-order valence-electron chi connectivity index (χ4n) is 4.61. The topological polar surface area (TPSA) is 81.2 Å². The predicted octanol–water partition coefficient (Wildman–Crippen LogP) is 7.89. The maximum Gasteiger partial charge on any atom is 0.350 e. The number of hydroxylamine groups is 2. The molecule has 1 heterocycles. The minimum absolute atomic E-state index is 0.0361. The molecule has 1 aromatic rings. The first-order chi connectivity index (χ1) is 17.3. The van der Waals surface area contributed by atoms with Crippen molar-refractivity contribution in [2.45, 2.75) is 128 Å². The summed E-state index contributed by atoms with van der Waals surface area (Å²) < 4.78 is 0. The van der Waals surface area contributed by atoms with Crippen molar-refractivity contribution in [1.82, 2.24) is 25.9 Å². The van der Waals surface area contributed by atoms with E-state index in [1.807, 2.05) is 0 Å². The molecule has 0 fully saturated rings. The van der Waals surface area contributed by atoms with E-state index in [4.69, 9.17) is 21.3 Å². The zero-order chi connectivity index (χ0) is 24.4. The van der Waals surface area contributed by atoms with E-state index in [0.29, 0.717) is 0 Å². The van der Waals surface area contributed by atoms with Gasteiger partial charge in [-0.1, -0.05) is 89.2 Å². The summed E-state index contributed by atoms with van der Waals surface area (Å²) >= 11 is 6.13. The second-order valence-corrected chi connectivity index (χ2v) is 10.1. The van der Waals surface area contributed by atoms with E-state index in [1.54, 1.807) is 0 Å². The third-order valence-corrected chi connectivity index (χ3v) is 6.86. The van der Waals surface area contributed by atoms with Crippen LogP contribution in [0.5, 0.6) is 12.0 Å². The maximum absolute atomic E-state index is 6.13. The van der Waals surface area contributed by atoms with Crippen LogP contribution in [0.2, 0.25) is 5.28 Å². The molecule has 196 valence electrons. The molecule has 35 heavy (non-hydrogen) atoms. The number of nitrogens with one attached hydrogen (secondary N) is 2. The molecule has 2 N–H and O–H groups in total. The maximum atomic E-state index is 6.13. The van der Waals surface area contributed by atoms with Crippen LogP contribution in [0.4, 0.5) is 0 Å². The molecule has 0 aromatic carbocycles. The number of aromatic nitrogens is 3. The van der Waals surface area contributed by atoms with E-state index < -0.39 is 0 Å². The molecule has 3 rings (SSSR count). The number of hydrogen-bond donors (Lipinski definition) is 2. The van der Waals surface area contributed by atoms with Gasteiger partial charge in [0.2, 0.25) is 5.28 Å². The quantitative estimate of drug-likeness (QED) is 0.380. The second kappa shape index (κ2) is 17.4. The highest BCUT2D eigenvalue weighted by Gasteiger charge is 2.10. The molecule has 0 aliphatic heterocycles. The molecule has 0 saturated carbocycles. The molecule has 1 aromatic heterocycles. The Morgan fingerprint density at radius 3 is 1.31 bits per heavy atom. The van der Waals surface area contributed by atoms with Crippen LogP contribution in [0.1, 0.15) is 128 Å². The first kappa shape index (κ1) is 27.6. The Kier molecular flexibility index (Phi) is 13.7. The minimum atomic E-state index is 0.0361. The van der Waals surface area contributed by atoms with Crippen molar-refractivity contribution in [3.8, 4) is 12.0 Å². The van der Waals surface area contributed by atoms with Gasteiger partial charge < -0.3 is 9.68 Å². The second-order valence-electron chi connectivity index (χ2n) is 9.77.